The van der Waals surface area contributed by atoms with Crippen molar-refractivity contribution in [3.05, 3.63) is 65.7 Å². The number of esters is 1. The molecule has 2 aliphatic heterocycles. The van der Waals surface area contributed by atoms with E-state index in [2.05, 4.69) is 31.2 Å². The van der Waals surface area contributed by atoms with Crippen LogP contribution in [0, 0.1) is 6.92 Å². The lowest BCUT2D eigenvalue weighted by Gasteiger charge is -2.30. The Kier molecular flexibility index (Phi) is 4.54. The van der Waals surface area contributed by atoms with E-state index in [9.17, 15) is 4.79 Å². The maximum absolute atomic E-state index is 12.3. The summed E-state index contributed by atoms with van der Waals surface area (Å²) in [6.45, 7) is 4.00. The van der Waals surface area contributed by atoms with Crippen molar-refractivity contribution in [1.29, 1.82) is 0 Å². The van der Waals surface area contributed by atoms with Crippen molar-refractivity contribution in [2.45, 2.75) is 48.6 Å². The van der Waals surface area contributed by atoms with Crippen LogP contribution in [0.25, 0.3) is 0 Å². The number of thioether (sulfide) groups is 1. The Labute approximate surface area is 151 Å². The molecule has 2 fully saturated rings. The van der Waals surface area contributed by atoms with Crippen LogP contribution in [0.4, 0.5) is 0 Å². The van der Waals surface area contributed by atoms with Crippen LogP contribution in [0.2, 0.25) is 0 Å². The first kappa shape index (κ1) is 16.6. The number of benzene rings is 2. The number of epoxide rings is 1. The fourth-order valence-electron chi connectivity index (χ4n) is 3.03. The summed E-state index contributed by atoms with van der Waals surface area (Å²) in [6.07, 6.45) is -0.692. The van der Waals surface area contributed by atoms with E-state index >= 15 is 0 Å². The number of aryl methyl sites for hydroxylation is 1. The first-order chi connectivity index (χ1) is 12.1. The lowest BCUT2D eigenvalue weighted by molar-refractivity contribution is -0.0718. The highest BCUT2D eigenvalue weighted by molar-refractivity contribution is 7.99. The molecule has 130 valence electrons. The van der Waals surface area contributed by atoms with E-state index in [-0.39, 0.29) is 35.8 Å². The molecule has 0 saturated carbocycles. The molecule has 2 aromatic carbocycles. The van der Waals surface area contributed by atoms with Crippen LogP contribution in [0.5, 0.6) is 0 Å². The van der Waals surface area contributed by atoms with Gasteiger partial charge in [0.15, 0.2) is 6.10 Å². The summed E-state index contributed by atoms with van der Waals surface area (Å²) in [4.78, 5) is 13.4. The van der Waals surface area contributed by atoms with Gasteiger partial charge in [-0.05, 0) is 38.1 Å². The molecule has 4 nitrogen and oxygen atoms in total. The first-order valence-corrected chi connectivity index (χ1v) is 9.30. The Hall–Kier alpha value is -1.82. The Balaban J connectivity index is 1.39. The number of carbonyl (C=O) groups is 1. The molecule has 0 amide bonds. The van der Waals surface area contributed by atoms with E-state index in [1.54, 1.807) is 23.9 Å². The predicted molar refractivity (Wildman–Crippen MR) is 95.7 cm³/mol. The van der Waals surface area contributed by atoms with Gasteiger partial charge in [-0.2, -0.15) is 0 Å². The summed E-state index contributed by atoms with van der Waals surface area (Å²) < 4.78 is 17.5. The lowest BCUT2D eigenvalue weighted by atomic mass is 10.1. The lowest BCUT2D eigenvalue weighted by Crippen LogP contribution is -2.44. The summed E-state index contributed by atoms with van der Waals surface area (Å²) in [5, 5.41) is 0. The highest BCUT2D eigenvalue weighted by Crippen LogP contribution is 2.45. The molecule has 0 aliphatic carbocycles. The fourth-order valence-corrected chi connectivity index (χ4v) is 4.17. The van der Waals surface area contributed by atoms with Gasteiger partial charge in [-0.1, -0.05) is 47.7 Å². The third-order valence-electron chi connectivity index (χ3n) is 4.49. The summed E-state index contributed by atoms with van der Waals surface area (Å²) in [6, 6.07) is 17.4. The normalized spacial score (nSPS) is 30.4. The van der Waals surface area contributed by atoms with E-state index in [0.29, 0.717) is 5.56 Å². The number of hydrogen-bond acceptors (Lipinski definition) is 5. The van der Waals surface area contributed by atoms with Gasteiger partial charge in [0.25, 0.3) is 0 Å². The molecule has 5 atom stereocenters. The molecule has 2 aliphatic rings. The van der Waals surface area contributed by atoms with Gasteiger partial charge in [0.2, 0.25) is 0 Å². The molecule has 2 saturated heterocycles. The average molecular weight is 356 g/mol. The monoisotopic (exact) mass is 356 g/mol. The molecule has 5 heteroatoms. The third kappa shape index (κ3) is 3.59. The zero-order valence-electron chi connectivity index (χ0n) is 14.1. The van der Waals surface area contributed by atoms with Crippen LogP contribution in [-0.4, -0.2) is 35.8 Å². The largest absolute Gasteiger partial charge is 0.453 e. The predicted octanol–water partition coefficient (Wildman–Crippen LogP) is 3.82. The van der Waals surface area contributed by atoms with Gasteiger partial charge in [-0.25, -0.2) is 4.79 Å². The highest BCUT2D eigenvalue weighted by atomic mass is 32.2. The molecule has 2 aromatic rings. The molecule has 0 N–H and O–H groups in total. The van der Waals surface area contributed by atoms with Gasteiger partial charge < -0.3 is 14.2 Å². The van der Waals surface area contributed by atoms with Crippen LogP contribution in [0.15, 0.2) is 59.5 Å². The van der Waals surface area contributed by atoms with E-state index in [4.69, 9.17) is 14.2 Å². The van der Waals surface area contributed by atoms with Gasteiger partial charge >= 0.3 is 5.97 Å². The Morgan fingerprint density at radius 1 is 1.00 bits per heavy atom. The van der Waals surface area contributed by atoms with E-state index in [1.165, 1.54) is 5.56 Å². The number of ether oxygens (including phenoxy) is 3. The van der Waals surface area contributed by atoms with Gasteiger partial charge in [0.05, 0.1) is 11.7 Å². The molecule has 0 bridgehead atoms. The van der Waals surface area contributed by atoms with Crippen LogP contribution in [-0.2, 0) is 14.2 Å². The smallest absolute Gasteiger partial charge is 0.338 e. The Morgan fingerprint density at radius 3 is 2.44 bits per heavy atom. The summed E-state index contributed by atoms with van der Waals surface area (Å²) in [7, 11) is 0. The van der Waals surface area contributed by atoms with Crippen molar-refractivity contribution in [3.63, 3.8) is 0 Å². The second-order valence-electron chi connectivity index (χ2n) is 6.44. The number of hydrogen-bond donors (Lipinski definition) is 0. The van der Waals surface area contributed by atoms with Gasteiger partial charge in [0.1, 0.15) is 17.6 Å². The Morgan fingerprint density at radius 2 is 1.72 bits per heavy atom. The molecular weight excluding hydrogens is 336 g/mol. The number of carbonyl (C=O) groups excluding carboxylic acids is 1. The third-order valence-corrected chi connectivity index (χ3v) is 5.65. The highest BCUT2D eigenvalue weighted by Gasteiger charge is 2.58. The molecule has 0 spiro atoms. The van der Waals surface area contributed by atoms with E-state index in [0.717, 1.165) is 4.90 Å². The van der Waals surface area contributed by atoms with Crippen molar-refractivity contribution in [2.75, 3.05) is 0 Å². The second kappa shape index (κ2) is 6.83. The fraction of sp³-hybridized carbons (Fsp3) is 0.350. The molecule has 0 radical (unpaired) electrons. The van der Waals surface area contributed by atoms with Crippen LogP contribution < -0.4 is 0 Å². The zero-order chi connectivity index (χ0) is 17.4. The number of fused-ring (bicyclic) bond motifs is 1. The van der Waals surface area contributed by atoms with Crippen molar-refractivity contribution < 1.29 is 19.0 Å². The van der Waals surface area contributed by atoms with Gasteiger partial charge in [0, 0.05) is 4.90 Å². The van der Waals surface area contributed by atoms with Crippen LogP contribution >= 0.6 is 11.8 Å². The second-order valence-corrected chi connectivity index (χ2v) is 7.61. The van der Waals surface area contributed by atoms with E-state index < -0.39 is 0 Å². The topological polar surface area (TPSA) is 48.1 Å². The van der Waals surface area contributed by atoms with Crippen molar-refractivity contribution in [3.8, 4) is 0 Å². The SMILES string of the molecule is Cc1ccc(S[C@H]2O[C@H](C)[C@@H](OC(=O)c3ccccc3)[C@@H]3O[C@@H]32)cc1. The van der Waals surface area contributed by atoms with Crippen LogP contribution in [0.1, 0.15) is 22.8 Å². The van der Waals surface area contributed by atoms with E-state index in [1.807, 2.05) is 25.1 Å². The summed E-state index contributed by atoms with van der Waals surface area (Å²) in [5.41, 5.74) is 1.70. The molecule has 0 aromatic heterocycles. The molecule has 0 unspecified atom stereocenters. The minimum Gasteiger partial charge on any atom is -0.453 e. The summed E-state index contributed by atoms with van der Waals surface area (Å²) in [5.74, 6) is -0.333. The van der Waals surface area contributed by atoms with Crippen molar-refractivity contribution >= 4 is 17.7 Å². The maximum Gasteiger partial charge on any atom is 0.338 e. The maximum atomic E-state index is 12.3. The zero-order valence-corrected chi connectivity index (χ0v) is 14.9. The Bertz CT molecular complexity index is 744. The molecule has 4 rings (SSSR count). The molecular formula is C20H20O4S. The summed E-state index contributed by atoms with van der Waals surface area (Å²) >= 11 is 1.66. The van der Waals surface area contributed by atoms with Gasteiger partial charge in [-0.3, -0.25) is 0 Å². The quantitative estimate of drug-likeness (QED) is 0.616. The minimum absolute atomic E-state index is 0.0314. The average Bonchev–Trinajstić information content (AvgIpc) is 3.42. The standard InChI is InChI=1S/C20H20O4S/c1-12-8-10-15(11-9-12)25-20-18-17(23-18)16(13(2)22-20)24-19(21)14-6-4-3-5-7-14/h3-11,13,16-18,20H,1-2H3/t13-,16-,17+,18+,20-/m1/s1. The first-order valence-electron chi connectivity index (χ1n) is 8.42. The number of rotatable bonds is 4. The minimum atomic E-state index is -0.368. The molecule has 25 heavy (non-hydrogen) atoms. The van der Waals surface area contributed by atoms with Crippen molar-refractivity contribution in [1.82, 2.24) is 0 Å². The van der Waals surface area contributed by atoms with Gasteiger partial charge in [-0.15, -0.1) is 0 Å². The van der Waals surface area contributed by atoms with Crippen LogP contribution in [0.3, 0.4) is 0 Å². The molecule has 2 heterocycles. The van der Waals surface area contributed by atoms with Crippen molar-refractivity contribution in [2.24, 2.45) is 0 Å².